The van der Waals surface area contributed by atoms with Gasteiger partial charge >= 0.3 is 0 Å². The Morgan fingerprint density at radius 3 is 2.87 bits per heavy atom. The van der Waals surface area contributed by atoms with Crippen molar-refractivity contribution in [3.05, 3.63) is 18.0 Å². The molecule has 86 valence electrons. The smallest absolute Gasteiger partial charge is 0.0492 e. The van der Waals surface area contributed by atoms with E-state index in [1.54, 1.807) is 0 Å². The molecule has 2 aliphatic rings. The van der Waals surface area contributed by atoms with Crippen molar-refractivity contribution >= 4 is 24.8 Å². The van der Waals surface area contributed by atoms with Gasteiger partial charge in [0.1, 0.15) is 0 Å². The third-order valence-corrected chi connectivity index (χ3v) is 3.10. The van der Waals surface area contributed by atoms with Crippen LogP contribution in [0.25, 0.3) is 0 Å². The van der Waals surface area contributed by atoms with E-state index in [2.05, 4.69) is 26.5 Å². The standard InChI is InChI=1S/C9H14N4.2ClH/c1-2-11-12-7(1)5-13-6-8-3-9(13)4-10-8;;/h1-2,8-10H,3-6H2,(H,11,12);2*1H/t8-,9?;;/m1../s1. The van der Waals surface area contributed by atoms with Crippen molar-refractivity contribution in [1.29, 1.82) is 0 Å². The predicted molar refractivity (Wildman–Crippen MR) is 63.7 cm³/mol. The van der Waals surface area contributed by atoms with Crippen molar-refractivity contribution in [2.75, 3.05) is 13.1 Å². The molecule has 2 atom stereocenters. The Hall–Kier alpha value is -0.290. The molecule has 0 aliphatic carbocycles. The van der Waals surface area contributed by atoms with Crippen LogP contribution >= 0.6 is 24.8 Å². The number of aromatic nitrogens is 2. The molecule has 0 saturated carbocycles. The zero-order valence-electron chi connectivity index (χ0n) is 8.35. The summed E-state index contributed by atoms with van der Waals surface area (Å²) in [5.41, 5.74) is 1.23. The van der Waals surface area contributed by atoms with Crippen LogP contribution in [0.2, 0.25) is 0 Å². The fourth-order valence-corrected chi connectivity index (χ4v) is 2.43. The van der Waals surface area contributed by atoms with E-state index in [1.165, 1.54) is 25.2 Å². The summed E-state index contributed by atoms with van der Waals surface area (Å²) < 4.78 is 0. The first-order valence-corrected chi connectivity index (χ1v) is 4.87. The van der Waals surface area contributed by atoms with Crippen LogP contribution < -0.4 is 5.32 Å². The van der Waals surface area contributed by atoms with E-state index in [0.717, 1.165) is 18.6 Å². The van der Waals surface area contributed by atoms with Gasteiger partial charge in [-0.3, -0.25) is 10.00 Å². The summed E-state index contributed by atoms with van der Waals surface area (Å²) in [7, 11) is 0. The number of H-pyrrole nitrogens is 1. The highest BCUT2D eigenvalue weighted by molar-refractivity contribution is 5.85. The van der Waals surface area contributed by atoms with E-state index in [9.17, 15) is 0 Å². The average Bonchev–Trinajstić information content (AvgIpc) is 2.77. The van der Waals surface area contributed by atoms with Crippen LogP contribution in [-0.4, -0.2) is 40.3 Å². The van der Waals surface area contributed by atoms with Crippen LogP contribution in [-0.2, 0) is 6.54 Å². The first-order valence-electron chi connectivity index (χ1n) is 4.87. The lowest BCUT2D eigenvalue weighted by molar-refractivity contribution is 0.215. The third kappa shape index (κ3) is 2.45. The molecule has 0 aromatic carbocycles. The summed E-state index contributed by atoms with van der Waals surface area (Å²) in [6.07, 6.45) is 3.15. The summed E-state index contributed by atoms with van der Waals surface area (Å²) in [6, 6.07) is 3.56. The first kappa shape index (κ1) is 12.8. The highest BCUT2D eigenvalue weighted by Crippen LogP contribution is 2.24. The molecule has 6 heteroatoms. The number of aromatic amines is 1. The Labute approximate surface area is 102 Å². The second-order valence-corrected chi connectivity index (χ2v) is 4.01. The van der Waals surface area contributed by atoms with E-state index in [0.29, 0.717) is 0 Å². The minimum Gasteiger partial charge on any atom is -0.311 e. The highest BCUT2D eigenvalue weighted by Gasteiger charge is 2.37. The van der Waals surface area contributed by atoms with Gasteiger partial charge in [-0.15, -0.1) is 24.8 Å². The summed E-state index contributed by atoms with van der Waals surface area (Å²) in [5.74, 6) is 0. The van der Waals surface area contributed by atoms with Crippen molar-refractivity contribution < 1.29 is 0 Å². The molecule has 1 aromatic heterocycles. The largest absolute Gasteiger partial charge is 0.311 e. The molecule has 0 spiro atoms. The maximum atomic E-state index is 3.96. The van der Waals surface area contributed by atoms with Gasteiger partial charge in [0.2, 0.25) is 0 Å². The molecule has 0 amide bonds. The van der Waals surface area contributed by atoms with Crippen molar-refractivity contribution in [3.8, 4) is 0 Å². The minimum absolute atomic E-state index is 0. The van der Waals surface area contributed by atoms with Crippen molar-refractivity contribution in [3.63, 3.8) is 0 Å². The van der Waals surface area contributed by atoms with E-state index in [4.69, 9.17) is 0 Å². The van der Waals surface area contributed by atoms with Crippen LogP contribution in [0.5, 0.6) is 0 Å². The molecule has 2 aliphatic heterocycles. The zero-order chi connectivity index (χ0) is 8.67. The number of halogens is 2. The van der Waals surface area contributed by atoms with Gasteiger partial charge in [-0.25, -0.2) is 0 Å². The normalized spacial score (nSPS) is 28.5. The number of fused-ring (bicyclic) bond motifs is 2. The summed E-state index contributed by atoms with van der Waals surface area (Å²) >= 11 is 0. The van der Waals surface area contributed by atoms with E-state index >= 15 is 0 Å². The van der Waals surface area contributed by atoms with Gasteiger partial charge in [-0.05, 0) is 12.5 Å². The lowest BCUT2D eigenvalue weighted by Gasteiger charge is -2.26. The molecule has 2 saturated heterocycles. The number of rotatable bonds is 2. The Kier molecular flexibility index (Phi) is 4.40. The monoisotopic (exact) mass is 250 g/mol. The van der Waals surface area contributed by atoms with Gasteiger partial charge in [0.05, 0.1) is 0 Å². The molecule has 2 bridgehead atoms. The zero-order valence-corrected chi connectivity index (χ0v) is 9.98. The van der Waals surface area contributed by atoms with Gasteiger partial charge in [0, 0.05) is 43.6 Å². The van der Waals surface area contributed by atoms with Crippen LogP contribution in [0, 0.1) is 0 Å². The lowest BCUT2D eigenvalue weighted by Crippen LogP contribution is -2.43. The number of hydrogen-bond acceptors (Lipinski definition) is 3. The van der Waals surface area contributed by atoms with Gasteiger partial charge in [-0.1, -0.05) is 0 Å². The van der Waals surface area contributed by atoms with Crippen LogP contribution in [0.4, 0.5) is 0 Å². The summed E-state index contributed by atoms with van der Waals surface area (Å²) in [6.45, 7) is 3.39. The van der Waals surface area contributed by atoms with Crippen molar-refractivity contribution in [1.82, 2.24) is 20.4 Å². The Bertz CT molecular complexity index is 290. The number of nitrogens with zero attached hydrogens (tertiary/aromatic N) is 2. The van der Waals surface area contributed by atoms with Crippen LogP contribution in [0.15, 0.2) is 12.3 Å². The number of hydrogen-bond donors (Lipinski definition) is 2. The van der Waals surface area contributed by atoms with Gasteiger partial charge in [0.25, 0.3) is 0 Å². The molecule has 3 heterocycles. The number of nitrogens with one attached hydrogen (secondary N) is 2. The first-order chi connectivity index (χ1) is 6.42. The van der Waals surface area contributed by atoms with Crippen molar-refractivity contribution in [2.24, 2.45) is 0 Å². The molecule has 1 aromatic rings. The number of piperazine rings is 1. The number of likely N-dealkylation sites (tertiary alicyclic amines) is 1. The Morgan fingerprint density at radius 2 is 2.33 bits per heavy atom. The Balaban J connectivity index is 0.000000562. The molecular formula is C9H16Cl2N4. The Morgan fingerprint density at radius 1 is 1.47 bits per heavy atom. The van der Waals surface area contributed by atoms with E-state index in [1.807, 2.05) is 6.20 Å². The van der Waals surface area contributed by atoms with E-state index in [-0.39, 0.29) is 24.8 Å². The highest BCUT2D eigenvalue weighted by atomic mass is 35.5. The maximum absolute atomic E-state index is 3.96. The minimum atomic E-state index is 0. The molecule has 3 rings (SSSR count). The molecule has 2 fully saturated rings. The molecule has 15 heavy (non-hydrogen) atoms. The van der Waals surface area contributed by atoms with Crippen LogP contribution in [0.3, 0.4) is 0 Å². The second-order valence-electron chi connectivity index (χ2n) is 4.01. The maximum Gasteiger partial charge on any atom is 0.0492 e. The molecule has 4 nitrogen and oxygen atoms in total. The van der Waals surface area contributed by atoms with Gasteiger partial charge in [0.15, 0.2) is 0 Å². The predicted octanol–water partition coefficient (Wildman–Crippen LogP) is 0.799. The van der Waals surface area contributed by atoms with Crippen LogP contribution in [0.1, 0.15) is 12.1 Å². The molecule has 0 radical (unpaired) electrons. The van der Waals surface area contributed by atoms with Gasteiger partial charge < -0.3 is 5.32 Å². The SMILES string of the molecule is Cl.Cl.c1cc(CN2C[C@H]3CC2CN3)[nH]n1. The topological polar surface area (TPSA) is 44.0 Å². The average molecular weight is 251 g/mol. The third-order valence-electron chi connectivity index (χ3n) is 3.10. The fraction of sp³-hybridized carbons (Fsp3) is 0.667. The fourth-order valence-electron chi connectivity index (χ4n) is 2.43. The summed E-state index contributed by atoms with van der Waals surface area (Å²) in [4.78, 5) is 2.54. The molecular weight excluding hydrogens is 235 g/mol. The lowest BCUT2D eigenvalue weighted by atomic mass is 10.2. The molecule has 2 N–H and O–H groups in total. The quantitative estimate of drug-likeness (QED) is 0.817. The molecule has 1 unspecified atom stereocenters. The van der Waals surface area contributed by atoms with Crippen molar-refractivity contribution in [2.45, 2.75) is 25.0 Å². The second kappa shape index (κ2) is 5.16. The van der Waals surface area contributed by atoms with Gasteiger partial charge in [-0.2, -0.15) is 5.10 Å². The summed E-state index contributed by atoms with van der Waals surface area (Å²) in [5, 5.41) is 10.5. The van der Waals surface area contributed by atoms with E-state index < -0.39 is 0 Å².